The molecule has 0 spiro atoms. The quantitative estimate of drug-likeness (QED) is 0.525. The van der Waals surface area contributed by atoms with Crippen LogP contribution in [0.2, 0.25) is 0 Å². The average Bonchev–Trinajstić information content (AvgIpc) is 3.17. The Morgan fingerprint density at radius 1 is 1.07 bits per heavy atom. The Balaban J connectivity index is 1.51. The predicted molar refractivity (Wildman–Crippen MR) is 114 cm³/mol. The van der Waals surface area contributed by atoms with Crippen molar-refractivity contribution in [3.05, 3.63) is 93.5 Å². The van der Waals surface area contributed by atoms with Gasteiger partial charge in [0.15, 0.2) is 0 Å². The second-order valence-corrected chi connectivity index (χ2v) is 8.01. The van der Waals surface area contributed by atoms with Crippen molar-refractivity contribution in [2.75, 3.05) is 6.54 Å². The van der Waals surface area contributed by atoms with E-state index in [1.54, 1.807) is 6.07 Å². The summed E-state index contributed by atoms with van der Waals surface area (Å²) in [5.41, 5.74) is 11.0. The molecule has 1 aliphatic heterocycles. The van der Waals surface area contributed by atoms with Gasteiger partial charge in [0.05, 0.1) is 6.04 Å². The van der Waals surface area contributed by atoms with Crippen molar-refractivity contribution in [3.8, 4) is 11.5 Å². The molecule has 2 atom stereocenters. The largest absolute Gasteiger partial charge is 0.507 e. The molecule has 0 radical (unpaired) electrons. The molecular formula is C23H23BrN2O2. The van der Waals surface area contributed by atoms with Gasteiger partial charge in [0.1, 0.15) is 18.1 Å². The second kappa shape index (κ2) is 8.35. The summed E-state index contributed by atoms with van der Waals surface area (Å²) < 4.78 is 6.95. The smallest absolute Gasteiger partial charge is 0.124 e. The molecule has 5 heteroatoms. The monoisotopic (exact) mass is 438 g/mol. The molecule has 3 N–H and O–H groups in total. The zero-order valence-corrected chi connectivity index (χ0v) is 17.2. The first kappa shape index (κ1) is 19.0. The van der Waals surface area contributed by atoms with Gasteiger partial charge in [-0.25, -0.2) is 5.43 Å². The van der Waals surface area contributed by atoms with E-state index in [2.05, 4.69) is 58.0 Å². The molecule has 0 bridgehead atoms. The van der Waals surface area contributed by atoms with Gasteiger partial charge < -0.3 is 9.84 Å². The summed E-state index contributed by atoms with van der Waals surface area (Å²) in [7, 11) is 0. The Hall–Kier alpha value is -2.34. The number of hydrogen-bond acceptors (Lipinski definition) is 4. The lowest BCUT2D eigenvalue weighted by atomic mass is 9.88. The van der Waals surface area contributed by atoms with E-state index in [1.807, 2.05) is 36.4 Å². The molecule has 1 heterocycles. The van der Waals surface area contributed by atoms with Crippen molar-refractivity contribution in [3.63, 3.8) is 0 Å². The predicted octanol–water partition coefficient (Wildman–Crippen LogP) is 4.97. The number of aromatic hydroxyl groups is 1. The Kier molecular flexibility index (Phi) is 5.67. The minimum absolute atomic E-state index is 0.00778. The maximum absolute atomic E-state index is 10.7. The summed E-state index contributed by atoms with van der Waals surface area (Å²) in [5.74, 6) is 1.14. The Morgan fingerprint density at radius 2 is 1.86 bits per heavy atom. The highest BCUT2D eigenvalue weighted by atomic mass is 79.9. The fourth-order valence-electron chi connectivity index (χ4n) is 3.62. The molecule has 3 aromatic carbocycles. The van der Waals surface area contributed by atoms with Crippen molar-refractivity contribution in [1.29, 1.82) is 0 Å². The molecule has 3 aromatic rings. The molecular weight excluding hydrogens is 416 g/mol. The first-order valence-electron chi connectivity index (χ1n) is 9.36. The lowest BCUT2D eigenvalue weighted by molar-refractivity contribution is 0.303. The van der Waals surface area contributed by atoms with Gasteiger partial charge in [-0.2, -0.15) is 0 Å². The molecule has 0 aliphatic carbocycles. The van der Waals surface area contributed by atoms with Crippen molar-refractivity contribution in [1.82, 2.24) is 10.9 Å². The summed E-state index contributed by atoms with van der Waals surface area (Å²) in [6, 6.07) is 22.0. The number of phenols is 1. The third-order valence-corrected chi connectivity index (χ3v) is 5.80. The van der Waals surface area contributed by atoms with Crippen LogP contribution in [-0.2, 0) is 6.61 Å². The standard InChI is InChI=1S/C23H23BrN2O2/c1-15-4-2-3-5-17(15)14-28-19-10-11-20(22(27)12-19)23-21(13-25-26-23)16-6-8-18(24)9-7-16/h2-12,21,23,25-27H,13-14H2,1H3. The number of ether oxygens (including phenoxy) is 1. The van der Waals surface area contributed by atoms with Gasteiger partial charge in [-0.1, -0.05) is 58.4 Å². The van der Waals surface area contributed by atoms with Gasteiger partial charge in [0.25, 0.3) is 0 Å². The van der Waals surface area contributed by atoms with E-state index in [0.29, 0.717) is 12.4 Å². The molecule has 2 unspecified atom stereocenters. The van der Waals surface area contributed by atoms with Crippen LogP contribution in [-0.4, -0.2) is 11.7 Å². The van der Waals surface area contributed by atoms with E-state index in [4.69, 9.17) is 4.74 Å². The highest BCUT2D eigenvalue weighted by molar-refractivity contribution is 9.10. The number of benzene rings is 3. The van der Waals surface area contributed by atoms with Gasteiger partial charge >= 0.3 is 0 Å². The van der Waals surface area contributed by atoms with Gasteiger partial charge in [0, 0.05) is 28.6 Å². The Bertz CT molecular complexity index is 959. The van der Waals surface area contributed by atoms with Crippen molar-refractivity contribution in [2.24, 2.45) is 0 Å². The number of halogens is 1. The first-order valence-corrected chi connectivity index (χ1v) is 10.1. The van der Waals surface area contributed by atoms with E-state index in [0.717, 1.165) is 22.1 Å². The van der Waals surface area contributed by atoms with Gasteiger partial charge in [-0.05, 0) is 41.8 Å². The van der Waals surface area contributed by atoms with Crippen LogP contribution in [0.1, 0.15) is 34.2 Å². The van der Waals surface area contributed by atoms with Crippen LogP contribution >= 0.6 is 15.9 Å². The number of aryl methyl sites for hydroxylation is 1. The van der Waals surface area contributed by atoms with E-state index in [9.17, 15) is 5.11 Å². The summed E-state index contributed by atoms with van der Waals surface area (Å²) >= 11 is 3.48. The minimum Gasteiger partial charge on any atom is -0.507 e. The fourth-order valence-corrected chi connectivity index (χ4v) is 3.89. The van der Waals surface area contributed by atoms with E-state index in [1.165, 1.54) is 11.1 Å². The van der Waals surface area contributed by atoms with E-state index in [-0.39, 0.29) is 17.7 Å². The van der Waals surface area contributed by atoms with Gasteiger partial charge in [0.2, 0.25) is 0 Å². The molecule has 0 amide bonds. The number of phenolic OH excluding ortho intramolecular Hbond substituents is 1. The number of hydrazine groups is 1. The van der Waals surface area contributed by atoms with Crippen molar-refractivity contribution in [2.45, 2.75) is 25.5 Å². The van der Waals surface area contributed by atoms with Crippen LogP contribution in [0.25, 0.3) is 0 Å². The average molecular weight is 439 g/mol. The number of hydrogen-bond donors (Lipinski definition) is 3. The third kappa shape index (κ3) is 4.07. The second-order valence-electron chi connectivity index (χ2n) is 7.10. The van der Waals surface area contributed by atoms with E-state index >= 15 is 0 Å². The normalized spacial score (nSPS) is 18.9. The van der Waals surface area contributed by atoms with Gasteiger partial charge in [-0.15, -0.1) is 0 Å². The van der Waals surface area contributed by atoms with Crippen LogP contribution in [0.15, 0.2) is 71.2 Å². The lowest BCUT2D eigenvalue weighted by Crippen LogP contribution is -2.25. The van der Waals surface area contributed by atoms with Gasteiger partial charge in [-0.3, -0.25) is 5.43 Å². The van der Waals surface area contributed by atoms with Crippen LogP contribution in [0.4, 0.5) is 0 Å². The maximum Gasteiger partial charge on any atom is 0.124 e. The van der Waals surface area contributed by atoms with E-state index < -0.39 is 0 Å². The molecule has 1 aliphatic rings. The molecule has 4 nitrogen and oxygen atoms in total. The van der Waals surface area contributed by atoms with Crippen molar-refractivity contribution >= 4 is 15.9 Å². The fraction of sp³-hybridized carbons (Fsp3) is 0.217. The highest BCUT2D eigenvalue weighted by Crippen LogP contribution is 2.38. The van der Waals surface area contributed by atoms with Crippen LogP contribution in [0.3, 0.4) is 0 Å². The minimum atomic E-state index is -0.00778. The molecule has 1 fully saturated rings. The summed E-state index contributed by atoms with van der Waals surface area (Å²) in [4.78, 5) is 0. The zero-order chi connectivity index (χ0) is 19.5. The van der Waals surface area contributed by atoms with Crippen LogP contribution in [0.5, 0.6) is 11.5 Å². The van der Waals surface area contributed by atoms with Crippen LogP contribution in [0, 0.1) is 6.92 Å². The maximum atomic E-state index is 10.7. The molecule has 144 valence electrons. The Labute approximate surface area is 173 Å². The summed E-state index contributed by atoms with van der Waals surface area (Å²) in [6.45, 7) is 3.35. The molecule has 1 saturated heterocycles. The number of nitrogens with one attached hydrogen (secondary N) is 2. The number of rotatable bonds is 5. The molecule has 0 aromatic heterocycles. The molecule has 0 saturated carbocycles. The SMILES string of the molecule is Cc1ccccc1COc1ccc(C2NNCC2c2ccc(Br)cc2)c(O)c1. The van der Waals surface area contributed by atoms with Crippen molar-refractivity contribution < 1.29 is 9.84 Å². The lowest BCUT2D eigenvalue weighted by Gasteiger charge is -2.21. The summed E-state index contributed by atoms with van der Waals surface area (Å²) in [5, 5.41) is 10.7. The molecule has 28 heavy (non-hydrogen) atoms. The molecule has 4 rings (SSSR count). The zero-order valence-electron chi connectivity index (χ0n) is 15.7. The van der Waals surface area contributed by atoms with Crippen LogP contribution < -0.4 is 15.6 Å². The third-order valence-electron chi connectivity index (χ3n) is 5.27. The summed E-state index contributed by atoms with van der Waals surface area (Å²) in [6.07, 6.45) is 0. The highest BCUT2D eigenvalue weighted by Gasteiger charge is 2.31. The first-order chi connectivity index (χ1) is 13.6. The topological polar surface area (TPSA) is 53.5 Å². The Morgan fingerprint density at radius 3 is 2.61 bits per heavy atom.